The number of alkyl halides is 3. The van der Waals surface area contributed by atoms with Crippen molar-refractivity contribution in [2.75, 3.05) is 10.7 Å². The third-order valence-corrected chi connectivity index (χ3v) is 8.02. The number of amidine groups is 1. The summed E-state index contributed by atoms with van der Waals surface area (Å²) in [6.45, 7) is 6.35. The SMILES string of the molecule is Cc1ccc(C(C)C)c(N2C(=S)CS/C2=N\C(=S)N/N=C/c2ccc(-c3ncn(-c4ccc(OC(F)(F)F)cc4)n3)cc2)c1. The zero-order valence-electron chi connectivity index (χ0n) is 23.7. The van der Waals surface area contributed by atoms with E-state index in [9.17, 15) is 13.2 Å². The lowest BCUT2D eigenvalue weighted by molar-refractivity contribution is -0.274. The summed E-state index contributed by atoms with van der Waals surface area (Å²) in [4.78, 5) is 11.7. The number of anilines is 1. The van der Waals surface area contributed by atoms with Crippen LogP contribution >= 0.6 is 36.2 Å². The van der Waals surface area contributed by atoms with Gasteiger partial charge in [0.2, 0.25) is 5.11 Å². The minimum Gasteiger partial charge on any atom is -0.406 e. The molecular formula is C30H26F3N7OS3. The molecule has 4 aromatic rings. The van der Waals surface area contributed by atoms with E-state index in [1.807, 2.05) is 29.2 Å². The molecule has 0 amide bonds. The zero-order chi connectivity index (χ0) is 31.4. The summed E-state index contributed by atoms with van der Waals surface area (Å²) in [7, 11) is 0. The molecule has 14 heteroatoms. The lowest BCUT2D eigenvalue weighted by Crippen LogP contribution is -2.30. The Morgan fingerprint density at radius 2 is 1.82 bits per heavy atom. The fraction of sp³-hybridized carbons (Fsp3) is 0.200. The number of aliphatic imine (C=N–C) groups is 1. The predicted octanol–water partition coefficient (Wildman–Crippen LogP) is 7.41. The van der Waals surface area contributed by atoms with Crippen LogP contribution in [0.2, 0.25) is 0 Å². The van der Waals surface area contributed by atoms with Crippen molar-refractivity contribution >= 4 is 63.4 Å². The van der Waals surface area contributed by atoms with Crippen molar-refractivity contribution in [3.63, 3.8) is 0 Å². The number of hydrogen-bond donors (Lipinski definition) is 1. The normalized spacial score (nSPS) is 14.7. The standard InChI is InChI=1S/C30H26F3N7OS3/c1-18(2)24-13-4-19(3)14-25(24)40-26(42)16-44-29(40)36-28(43)37-35-15-20-5-7-21(8-6-20)27-34-17-39(38-27)22-9-11-23(12-10-22)41-30(31,32)33/h4-15,17-18H,16H2,1-3H3,(H,37,43)/b35-15+,36-29-. The molecule has 0 atom stereocenters. The van der Waals surface area contributed by atoms with Crippen molar-refractivity contribution < 1.29 is 17.9 Å². The van der Waals surface area contributed by atoms with Gasteiger partial charge in [-0.1, -0.05) is 74.2 Å². The highest BCUT2D eigenvalue weighted by molar-refractivity contribution is 8.16. The Kier molecular flexibility index (Phi) is 9.42. The van der Waals surface area contributed by atoms with Crippen LogP contribution in [0.5, 0.6) is 5.75 Å². The summed E-state index contributed by atoms with van der Waals surface area (Å²) < 4.78 is 42.6. The van der Waals surface area contributed by atoms with Gasteiger partial charge in [-0.05, 0) is 72.1 Å². The summed E-state index contributed by atoms with van der Waals surface area (Å²) >= 11 is 12.6. The number of nitrogens with one attached hydrogen (secondary N) is 1. The van der Waals surface area contributed by atoms with Crippen LogP contribution in [-0.2, 0) is 0 Å². The molecule has 5 rings (SSSR count). The van der Waals surface area contributed by atoms with Gasteiger partial charge in [-0.15, -0.1) is 18.3 Å². The monoisotopic (exact) mass is 653 g/mol. The second-order valence-electron chi connectivity index (χ2n) is 9.98. The molecule has 1 aliphatic heterocycles. The molecule has 0 unspecified atom stereocenters. The van der Waals surface area contributed by atoms with Gasteiger partial charge in [0, 0.05) is 5.56 Å². The smallest absolute Gasteiger partial charge is 0.406 e. The van der Waals surface area contributed by atoms with Gasteiger partial charge in [-0.25, -0.2) is 9.67 Å². The highest BCUT2D eigenvalue weighted by Gasteiger charge is 2.31. The van der Waals surface area contributed by atoms with Gasteiger partial charge in [-0.3, -0.25) is 10.3 Å². The predicted molar refractivity (Wildman–Crippen MR) is 177 cm³/mol. The van der Waals surface area contributed by atoms with E-state index in [4.69, 9.17) is 24.4 Å². The van der Waals surface area contributed by atoms with Gasteiger partial charge < -0.3 is 4.74 Å². The number of halogens is 3. The lowest BCUT2D eigenvalue weighted by Gasteiger charge is -2.23. The van der Waals surface area contributed by atoms with Crippen molar-refractivity contribution in [1.82, 2.24) is 20.2 Å². The van der Waals surface area contributed by atoms with Crippen molar-refractivity contribution in [1.29, 1.82) is 0 Å². The van der Waals surface area contributed by atoms with Gasteiger partial charge >= 0.3 is 6.36 Å². The minimum atomic E-state index is -4.75. The van der Waals surface area contributed by atoms with Gasteiger partial charge in [0.05, 0.1) is 28.3 Å². The average molecular weight is 654 g/mol. The van der Waals surface area contributed by atoms with Crippen LogP contribution in [0, 0.1) is 6.92 Å². The molecule has 0 bridgehead atoms. The van der Waals surface area contributed by atoms with E-state index in [-0.39, 0.29) is 10.9 Å². The van der Waals surface area contributed by atoms with Crippen LogP contribution < -0.4 is 15.1 Å². The molecule has 2 heterocycles. The quantitative estimate of drug-likeness (QED) is 0.126. The van der Waals surface area contributed by atoms with E-state index in [2.05, 4.69) is 69.3 Å². The first-order chi connectivity index (χ1) is 21.0. The molecule has 0 saturated carbocycles. The number of hydrogen-bond acceptors (Lipinski definition) is 7. The second kappa shape index (κ2) is 13.2. The number of thiocarbonyl (C=S) groups is 2. The van der Waals surface area contributed by atoms with E-state index >= 15 is 0 Å². The topological polar surface area (TPSA) is 79.9 Å². The van der Waals surface area contributed by atoms with Crippen LogP contribution in [0.4, 0.5) is 18.9 Å². The summed E-state index contributed by atoms with van der Waals surface area (Å²) in [6, 6.07) is 19.1. The van der Waals surface area contributed by atoms with Crippen molar-refractivity contribution in [2.24, 2.45) is 10.1 Å². The molecule has 1 aliphatic rings. The lowest BCUT2D eigenvalue weighted by atomic mass is 9.99. The summed E-state index contributed by atoms with van der Waals surface area (Å²) in [5.74, 6) is 1.10. The molecule has 8 nitrogen and oxygen atoms in total. The van der Waals surface area contributed by atoms with Crippen LogP contribution in [-0.4, -0.2) is 48.4 Å². The Balaban J connectivity index is 1.21. The number of benzene rings is 3. The van der Waals surface area contributed by atoms with Gasteiger partial charge in [0.1, 0.15) is 12.1 Å². The van der Waals surface area contributed by atoms with Crippen LogP contribution in [0.1, 0.15) is 36.5 Å². The average Bonchev–Trinajstić information content (AvgIpc) is 3.60. The Bertz CT molecular complexity index is 1730. The number of nitrogens with zero attached hydrogens (tertiary/aromatic N) is 6. The van der Waals surface area contributed by atoms with E-state index in [0.717, 1.165) is 27.4 Å². The van der Waals surface area contributed by atoms with E-state index < -0.39 is 6.36 Å². The van der Waals surface area contributed by atoms with Crippen molar-refractivity contribution in [3.8, 4) is 22.8 Å². The third kappa shape index (κ3) is 7.68. The fourth-order valence-corrected chi connectivity index (χ4v) is 5.82. The summed E-state index contributed by atoms with van der Waals surface area (Å²) in [5.41, 5.74) is 8.24. The van der Waals surface area contributed by atoms with Gasteiger partial charge in [-0.2, -0.15) is 10.1 Å². The largest absolute Gasteiger partial charge is 0.573 e. The molecule has 0 spiro atoms. The fourth-order valence-electron chi connectivity index (χ4n) is 4.33. The molecule has 226 valence electrons. The highest BCUT2D eigenvalue weighted by Crippen LogP contribution is 2.34. The van der Waals surface area contributed by atoms with E-state index in [1.165, 1.54) is 52.6 Å². The summed E-state index contributed by atoms with van der Waals surface area (Å²) in [5, 5.41) is 9.57. The van der Waals surface area contributed by atoms with Crippen LogP contribution in [0.3, 0.4) is 0 Å². The molecule has 44 heavy (non-hydrogen) atoms. The second-order valence-corrected chi connectivity index (χ2v) is 11.8. The van der Waals surface area contributed by atoms with E-state index in [1.54, 1.807) is 6.21 Å². The maximum absolute atomic E-state index is 12.4. The first kappa shape index (κ1) is 31.3. The zero-order valence-corrected chi connectivity index (χ0v) is 26.2. The molecule has 1 aromatic heterocycles. The molecule has 1 fully saturated rings. The summed E-state index contributed by atoms with van der Waals surface area (Å²) in [6.07, 6.45) is -1.65. The van der Waals surface area contributed by atoms with Crippen molar-refractivity contribution in [3.05, 3.63) is 89.7 Å². The minimum absolute atomic E-state index is 0.210. The Morgan fingerprint density at radius 3 is 2.50 bits per heavy atom. The molecule has 1 N–H and O–H groups in total. The van der Waals surface area contributed by atoms with E-state index in [0.29, 0.717) is 28.4 Å². The third-order valence-electron chi connectivity index (χ3n) is 6.38. The molecule has 0 aliphatic carbocycles. The first-order valence-corrected chi connectivity index (χ1v) is 15.1. The van der Waals surface area contributed by atoms with Crippen molar-refractivity contribution in [2.45, 2.75) is 33.1 Å². The highest BCUT2D eigenvalue weighted by atomic mass is 32.2. The molecule has 0 radical (unpaired) electrons. The number of ether oxygens (including phenoxy) is 1. The maximum atomic E-state index is 12.4. The Labute approximate surface area is 267 Å². The Morgan fingerprint density at radius 1 is 1.09 bits per heavy atom. The Hall–Kier alpha value is -4.14. The maximum Gasteiger partial charge on any atom is 0.573 e. The molecule has 3 aromatic carbocycles. The number of thioether (sulfide) groups is 1. The first-order valence-electron chi connectivity index (χ1n) is 13.3. The number of hydrazone groups is 1. The van der Waals surface area contributed by atoms with Crippen LogP contribution in [0.15, 0.2) is 83.2 Å². The molecular weight excluding hydrogens is 628 g/mol. The molecule has 1 saturated heterocycles. The number of aromatic nitrogens is 3. The number of aryl methyl sites for hydroxylation is 1. The van der Waals surface area contributed by atoms with Gasteiger partial charge in [0.25, 0.3) is 0 Å². The van der Waals surface area contributed by atoms with Crippen LogP contribution in [0.25, 0.3) is 17.1 Å². The van der Waals surface area contributed by atoms with Gasteiger partial charge in [0.15, 0.2) is 11.0 Å². The number of rotatable bonds is 7.